The van der Waals surface area contributed by atoms with Crippen LogP contribution in [-0.4, -0.2) is 25.8 Å². The predicted molar refractivity (Wildman–Crippen MR) is 88.2 cm³/mol. The van der Waals surface area contributed by atoms with Crippen molar-refractivity contribution in [2.45, 2.75) is 5.92 Å². The third-order valence-electron chi connectivity index (χ3n) is 4.01. The van der Waals surface area contributed by atoms with Crippen LogP contribution in [0.15, 0.2) is 54.6 Å². The summed E-state index contributed by atoms with van der Waals surface area (Å²) in [5, 5.41) is 5.26. The number of hydrogen-bond acceptors (Lipinski definition) is 2. The van der Waals surface area contributed by atoms with E-state index in [0.717, 1.165) is 28.1 Å². The second-order valence-electron chi connectivity index (χ2n) is 5.67. The number of rotatable bonds is 3. The van der Waals surface area contributed by atoms with Gasteiger partial charge in [-0.15, -0.1) is 0 Å². The van der Waals surface area contributed by atoms with Gasteiger partial charge in [-0.2, -0.15) is 12.7 Å². The molecule has 0 fully saturated rings. The number of nitrogens with zero attached hydrogens (tertiary/aromatic N) is 1. The fourth-order valence-electron chi connectivity index (χ4n) is 2.84. The van der Waals surface area contributed by atoms with Crippen molar-refractivity contribution >= 4 is 15.8 Å². The van der Waals surface area contributed by atoms with Gasteiger partial charge in [0.2, 0.25) is 0 Å². The second-order valence-corrected chi connectivity index (χ2v) is 7.22. The van der Waals surface area contributed by atoms with E-state index in [2.05, 4.69) is 0 Å². The molecule has 7 heteroatoms. The highest BCUT2D eigenvalue weighted by atomic mass is 32.2. The highest BCUT2D eigenvalue weighted by Crippen LogP contribution is 2.31. The first-order chi connectivity index (χ1) is 11.3. The van der Waals surface area contributed by atoms with Crippen molar-refractivity contribution in [2.24, 2.45) is 5.14 Å². The van der Waals surface area contributed by atoms with Crippen LogP contribution < -0.4 is 5.14 Å². The van der Waals surface area contributed by atoms with E-state index in [1.54, 1.807) is 6.08 Å². The molecule has 0 aromatic heterocycles. The molecular formula is C17H16F2N2O2S. The summed E-state index contributed by atoms with van der Waals surface area (Å²) in [7, 11) is -3.95. The molecule has 0 saturated carbocycles. The molecule has 0 amide bonds. The Morgan fingerprint density at radius 3 is 2.46 bits per heavy atom. The third-order valence-corrected chi connectivity index (χ3v) is 5.01. The second kappa shape index (κ2) is 6.43. The van der Waals surface area contributed by atoms with E-state index in [0.29, 0.717) is 5.57 Å². The minimum Gasteiger partial charge on any atom is -0.216 e. The molecule has 0 radical (unpaired) electrons. The van der Waals surface area contributed by atoms with Gasteiger partial charge < -0.3 is 0 Å². The summed E-state index contributed by atoms with van der Waals surface area (Å²) in [6.45, 7) is 0.0613. The van der Waals surface area contributed by atoms with Crippen molar-refractivity contribution < 1.29 is 17.2 Å². The molecule has 1 aliphatic heterocycles. The first-order valence-corrected chi connectivity index (χ1v) is 8.84. The lowest BCUT2D eigenvalue weighted by Gasteiger charge is -2.30. The van der Waals surface area contributed by atoms with Crippen LogP contribution in [0.3, 0.4) is 0 Å². The maximum absolute atomic E-state index is 14.1. The highest BCUT2D eigenvalue weighted by Gasteiger charge is 2.29. The molecule has 2 N–H and O–H groups in total. The Morgan fingerprint density at radius 1 is 1.08 bits per heavy atom. The zero-order valence-corrected chi connectivity index (χ0v) is 13.5. The highest BCUT2D eigenvalue weighted by molar-refractivity contribution is 7.86. The Hall–Kier alpha value is -2.09. The van der Waals surface area contributed by atoms with Gasteiger partial charge in [0.1, 0.15) is 11.6 Å². The van der Waals surface area contributed by atoms with Gasteiger partial charge in [-0.25, -0.2) is 13.9 Å². The summed E-state index contributed by atoms with van der Waals surface area (Å²) in [5.41, 5.74) is 1.31. The summed E-state index contributed by atoms with van der Waals surface area (Å²) in [6, 6.07) is 12.3. The molecule has 4 nitrogen and oxygen atoms in total. The lowest BCUT2D eigenvalue weighted by molar-refractivity contribution is 0.424. The van der Waals surface area contributed by atoms with Gasteiger partial charge >= 0.3 is 0 Å². The Kier molecular flexibility index (Phi) is 4.49. The van der Waals surface area contributed by atoms with E-state index >= 15 is 0 Å². The largest absolute Gasteiger partial charge is 0.277 e. The van der Waals surface area contributed by atoms with Crippen LogP contribution in [-0.2, 0) is 10.2 Å². The minimum absolute atomic E-state index is 0.0456. The van der Waals surface area contributed by atoms with Crippen LogP contribution in [0.1, 0.15) is 17.0 Å². The Bertz CT molecular complexity index is 883. The summed E-state index contributed by atoms with van der Waals surface area (Å²) >= 11 is 0. The lowest BCUT2D eigenvalue weighted by atomic mass is 9.91. The van der Waals surface area contributed by atoms with Gasteiger partial charge in [-0.1, -0.05) is 36.4 Å². The van der Waals surface area contributed by atoms with Gasteiger partial charge in [0.05, 0.1) is 0 Å². The molecular weight excluding hydrogens is 334 g/mol. The molecule has 0 bridgehead atoms. The molecule has 0 saturated heterocycles. The average Bonchev–Trinajstić information content (AvgIpc) is 2.56. The molecule has 2 aromatic rings. The summed E-state index contributed by atoms with van der Waals surface area (Å²) in [6.07, 6.45) is 1.77. The van der Waals surface area contributed by atoms with Crippen molar-refractivity contribution in [3.63, 3.8) is 0 Å². The number of halogens is 2. The summed E-state index contributed by atoms with van der Waals surface area (Å²) in [5.74, 6) is -1.49. The van der Waals surface area contributed by atoms with Crippen LogP contribution in [0.25, 0.3) is 5.57 Å². The van der Waals surface area contributed by atoms with E-state index in [9.17, 15) is 17.2 Å². The van der Waals surface area contributed by atoms with Gasteiger partial charge in [0.25, 0.3) is 10.2 Å². The topological polar surface area (TPSA) is 63.4 Å². The van der Waals surface area contributed by atoms with Crippen LogP contribution in [0.5, 0.6) is 0 Å². The van der Waals surface area contributed by atoms with Crippen molar-refractivity contribution in [1.82, 2.24) is 4.31 Å². The Labute approximate surface area is 139 Å². The van der Waals surface area contributed by atoms with Gasteiger partial charge in [0.15, 0.2) is 0 Å². The number of hydrogen-bond donors (Lipinski definition) is 1. The average molecular weight is 350 g/mol. The number of benzene rings is 2. The molecule has 24 heavy (non-hydrogen) atoms. The van der Waals surface area contributed by atoms with Crippen molar-refractivity contribution in [1.29, 1.82) is 0 Å². The quantitative estimate of drug-likeness (QED) is 0.925. The lowest BCUT2D eigenvalue weighted by Crippen LogP contribution is -2.42. The van der Waals surface area contributed by atoms with Crippen LogP contribution in [0, 0.1) is 11.6 Å². The van der Waals surface area contributed by atoms with Gasteiger partial charge in [-0.05, 0) is 29.3 Å². The van der Waals surface area contributed by atoms with E-state index in [1.165, 1.54) is 0 Å². The summed E-state index contributed by atoms with van der Waals surface area (Å²) < 4.78 is 52.3. The molecule has 3 rings (SSSR count). The van der Waals surface area contributed by atoms with Gasteiger partial charge in [-0.3, -0.25) is 0 Å². The number of nitrogens with two attached hydrogens (primary N) is 1. The van der Waals surface area contributed by atoms with Crippen LogP contribution in [0.4, 0.5) is 8.78 Å². The molecule has 0 spiro atoms. The van der Waals surface area contributed by atoms with Crippen molar-refractivity contribution in [2.75, 3.05) is 13.1 Å². The first kappa shape index (κ1) is 16.8. The predicted octanol–water partition coefficient (Wildman–Crippen LogP) is 2.65. The third kappa shape index (κ3) is 3.53. The van der Waals surface area contributed by atoms with Crippen LogP contribution >= 0.6 is 0 Å². The van der Waals surface area contributed by atoms with Gasteiger partial charge in [0, 0.05) is 24.6 Å². The maximum Gasteiger partial charge on any atom is 0.277 e. The minimum atomic E-state index is -3.95. The molecule has 1 heterocycles. The molecule has 1 unspecified atom stereocenters. The van der Waals surface area contributed by atoms with E-state index in [-0.39, 0.29) is 24.6 Å². The SMILES string of the molecule is NS(=O)(=O)N1CC(c2cc(F)ccc2F)=CC(c2ccccc2)C1. The molecule has 2 aromatic carbocycles. The van der Waals surface area contributed by atoms with Crippen LogP contribution in [0.2, 0.25) is 0 Å². The monoisotopic (exact) mass is 350 g/mol. The smallest absolute Gasteiger partial charge is 0.216 e. The molecule has 0 aliphatic carbocycles. The zero-order chi connectivity index (χ0) is 17.3. The van der Waals surface area contributed by atoms with E-state index in [4.69, 9.17) is 5.14 Å². The fraction of sp³-hybridized carbons (Fsp3) is 0.176. The maximum atomic E-state index is 14.1. The standard InChI is InChI=1S/C17H16F2N2O2S/c18-15-6-7-17(19)16(9-15)14-8-13(12-4-2-1-3-5-12)10-21(11-14)24(20,22)23/h1-9,13H,10-11H2,(H2,20,22,23). The Morgan fingerprint density at radius 2 is 1.79 bits per heavy atom. The first-order valence-electron chi connectivity index (χ1n) is 7.33. The molecule has 1 atom stereocenters. The van der Waals surface area contributed by atoms with E-state index < -0.39 is 21.8 Å². The fourth-order valence-corrected chi connectivity index (χ4v) is 3.52. The molecule has 126 valence electrons. The molecule has 1 aliphatic rings. The normalized spacial score (nSPS) is 19.1. The van der Waals surface area contributed by atoms with Crippen molar-refractivity contribution in [3.8, 4) is 0 Å². The Balaban J connectivity index is 2.08. The zero-order valence-electron chi connectivity index (χ0n) is 12.7. The van der Waals surface area contributed by atoms with E-state index in [1.807, 2.05) is 30.3 Å². The van der Waals surface area contributed by atoms with Crippen molar-refractivity contribution in [3.05, 3.63) is 77.4 Å². The summed E-state index contributed by atoms with van der Waals surface area (Å²) in [4.78, 5) is 0.